The summed E-state index contributed by atoms with van der Waals surface area (Å²) in [5, 5.41) is 9.31. The summed E-state index contributed by atoms with van der Waals surface area (Å²) in [6.45, 7) is 20.2. The van der Waals surface area contributed by atoms with Crippen LogP contribution in [0.5, 0.6) is 5.75 Å². The van der Waals surface area contributed by atoms with Gasteiger partial charge < -0.3 is 0 Å². The van der Waals surface area contributed by atoms with Gasteiger partial charge in [0.2, 0.25) is 0 Å². The first kappa shape index (κ1) is 15.8. The molecule has 20 heavy (non-hydrogen) atoms. The predicted molar refractivity (Wildman–Crippen MR) is 100 cm³/mol. The molecule has 0 fully saturated rings. The van der Waals surface area contributed by atoms with E-state index in [1.807, 2.05) is 72.5 Å². The normalized spacial score (nSPS) is 10.7. The van der Waals surface area contributed by atoms with Gasteiger partial charge in [-0.2, -0.15) is 0 Å². The van der Waals surface area contributed by atoms with Crippen LogP contribution < -0.4 is 0 Å². The van der Waals surface area contributed by atoms with E-state index in [2.05, 4.69) is 12.8 Å². The van der Waals surface area contributed by atoms with Crippen LogP contribution in [-0.2, 0) is 6.42 Å². The van der Waals surface area contributed by atoms with E-state index in [1.165, 1.54) is 11.0 Å². The Morgan fingerprint density at radius 2 is 1.35 bits per heavy atom. The molecular formula is C9H8B10O. The van der Waals surface area contributed by atoms with Crippen molar-refractivity contribution in [2.75, 3.05) is 0 Å². The quantitative estimate of drug-likeness (QED) is 0.554. The molecule has 80 valence electrons. The molecule has 1 N–H and O–H groups in total. The van der Waals surface area contributed by atoms with E-state index in [4.69, 9.17) is 0 Å². The van der Waals surface area contributed by atoms with Crippen LogP contribution >= 0.6 is 0 Å². The molecule has 1 nitrogen and oxygen atoms in total. The number of hydrogen-bond donors (Lipinski definition) is 1. The van der Waals surface area contributed by atoms with Crippen LogP contribution in [0.1, 0.15) is 5.56 Å². The van der Waals surface area contributed by atoms with E-state index in [-0.39, 0.29) is 0 Å². The summed E-state index contributed by atoms with van der Waals surface area (Å²) >= 11 is 0. The molecule has 1 aliphatic heterocycles. The van der Waals surface area contributed by atoms with Gasteiger partial charge in [0.05, 0.1) is 0 Å². The summed E-state index contributed by atoms with van der Waals surface area (Å²) in [4.78, 5) is 0. The van der Waals surface area contributed by atoms with Crippen LogP contribution in [0.15, 0.2) is 24.3 Å². The SMILES string of the molecule is Oc1ccc(CC2=BB=BB=BB=BB=BB=C2)cc1. The Hall–Kier alpha value is -0.591. The maximum absolute atomic E-state index is 9.31. The third-order valence-electron chi connectivity index (χ3n) is 2.85. The van der Waals surface area contributed by atoms with Crippen molar-refractivity contribution in [3.63, 3.8) is 0 Å². The van der Waals surface area contributed by atoms with Crippen LogP contribution in [0.2, 0.25) is 0 Å². The molecule has 1 aromatic carbocycles. The van der Waals surface area contributed by atoms with Crippen LogP contribution in [0.3, 0.4) is 0 Å². The molecule has 0 radical (unpaired) electrons. The second kappa shape index (κ2) is 9.36. The third kappa shape index (κ3) is 6.24. The first-order valence-corrected chi connectivity index (χ1v) is 6.66. The van der Waals surface area contributed by atoms with E-state index >= 15 is 0 Å². The Kier molecular flexibility index (Phi) is 7.39. The van der Waals surface area contributed by atoms with Gasteiger partial charge in [0.1, 0.15) is 0 Å². The monoisotopic (exact) mass is 242 g/mol. The summed E-state index contributed by atoms with van der Waals surface area (Å²) in [6, 6.07) is 7.33. The fraction of sp³-hybridized carbons (Fsp3) is 0.111. The van der Waals surface area contributed by atoms with Crippen LogP contribution in [0.25, 0.3) is 0 Å². The van der Waals surface area contributed by atoms with E-state index < -0.39 is 0 Å². The molecule has 0 unspecified atom stereocenters. The molecular weight excluding hydrogens is 232 g/mol. The zero-order chi connectivity index (χ0) is 14.0. The van der Waals surface area contributed by atoms with Gasteiger partial charge in [-0.15, -0.1) is 0 Å². The van der Waals surface area contributed by atoms with Crippen molar-refractivity contribution >= 4 is 78.6 Å². The number of rotatable bonds is 2. The van der Waals surface area contributed by atoms with Crippen LogP contribution in [-0.4, -0.2) is 83.7 Å². The molecule has 0 saturated carbocycles. The molecule has 0 atom stereocenters. The van der Waals surface area contributed by atoms with Gasteiger partial charge in [-0.25, -0.2) is 0 Å². The van der Waals surface area contributed by atoms with E-state index in [0.717, 1.165) is 6.42 Å². The van der Waals surface area contributed by atoms with Gasteiger partial charge in [0.15, 0.2) is 0 Å². The average Bonchev–Trinajstić information content (AvgIpc) is 2.44. The number of aromatic hydroxyl groups is 1. The molecule has 1 aliphatic rings. The molecule has 2 rings (SSSR count). The van der Waals surface area contributed by atoms with Crippen LogP contribution in [0, 0.1) is 0 Å². The van der Waals surface area contributed by atoms with Crippen molar-refractivity contribution < 1.29 is 5.11 Å². The standard InChI is InChI=1S/C9H8B10O/c20-9-3-1-7(2-4-9)5-8-6-10-12-14-16-18-19-17-15-13-11-8/h1-4,6,20H,5H2. The Balaban J connectivity index is 2.16. The molecule has 1 heterocycles. The Bertz CT molecular complexity index is 612. The van der Waals surface area contributed by atoms with Crippen molar-refractivity contribution in [2.24, 2.45) is 0 Å². The Morgan fingerprint density at radius 1 is 0.750 bits per heavy atom. The maximum atomic E-state index is 9.31. The molecule has 11 heteroatoms. The first-order chi connectivity index (χ1) is 9.84. The van der Waals surface area contributed by atoms with Gasteiger partial charge in [-0.05, 0) is 0 Å². The summed E-state index contributed by atoms with van der Waals surface area (Å²) in [7, 11) is 0. The minimum absolute atomic E-state index is 0.303. The molecule has 0 saturated heterocycles. The van der Waals surface area contributed by atoms with Gasteiger partial charge in [0, 0.05) is 0 Å². The van der Waals surface area contributed by atoms with E-state index in [9.17, 15) is 5.11 Å². The van der Waals surface area contributed by atoms with Crippen molar-refractivity contribution in [3.05, 3.63) is 29.8 Å². The summed E-state index contributed by atoms with van der Waals surface area (Å²) < 4.78 is 0. The second-order valence-corrected chi connectivity index (χ2v) is 4.48. The molecule has 0 amide bonds. The van der Waals surface area contributed by atoms with Gasteiger partial charge in [0.25, 0.3) is 0 Å². The number of phenols is 1. The molecule has 1 aromatic rings. The van der Waals surface area contributed by atoms with Crippen LogP contribution in [0.4, 0.5) is 0 Å². The van der Waals surface area contributed by atoms with Crippen molar-refractivity contribution in [3.8, 4) is 5.75 Å². The Morgan fingerprint density at radius 3 is 2.05 bits per heavy atom. The first-order valence-electron chi connectivity index (χ1n) is 6.66. The topological polar surface area (TPSA) is 20.2 Å². The van der Waals surface area contributed by atoms with E-state index in [1.54, 1.807) is 12.1 Å². The fourth-order valence-corrected chi connectivity index (χ4v) is 1.83. The number of phenolic OH excluding ortho intramolecular Hbond substituents is 1. The van der Waals surface area contributed by atoms with Gasteiger partial charge in [-0.1, -0.05) is 0 Å². The minimum atomic E-state index is 0.303. The van der Waals surface area contributed by atoms with Gasteiger partial charge in [-0.3, -0.25) is 0 Å². The molecule has 0 bridgehead atoms. The molecule has 0 aromatic heterocycles. The van der Waals surface area contributed by atoms with Crippen molar-refractivity contribution in [1.82, 2.24) is 0 Å². The summed E-state index contributed by atoms with van der Waals surface area (Å²) in [5.41, 5.74) is 2.40. The van der Waals surface area contributed by atoms with Crippen molar-refractivity contribution in [2.45, 2.75) is 6.42 Å². The molecule has 0 aliphatic carbocycles. The number of benzene rings is 1. The fourth-order valence-electron chi connectivity index (χ4n) is 1.83. The zero-order valence-electron chi connectivity index (χ0n) is 11.3. The predicted octanol–water partition coefficient (Wildman–Crippen LogP) is -2.80. The summed E-state index contributed by atoms with van der Waals surface area (Å²) in [6.07, 6.45) is 0.842. The summed E-state index contributed by atoms with van der Waals surface area (Å²) in [5.74, 6) is 2.41. The Labute approximate surface area is 126 Å². The third-order valence-corrected chi connectivity index (χ3v) is 2.85. The number of hydrogen-bond acceptors (Lipinski definition) is 1. The zero-order valence-corrected chi connectivity index (χ0v) is 11.3. The van der Waals surface area contributed by atoms with Gasteiger partial charge >= 0.3 is 126 Å². The molecule has 0 spiro atoms. The second-order valence-electron chi connectivity index (χ2n) is 4.48. The average molecular weight is 240 g/mol. The van der Waals surface area contributed by atoms with Crippen molar-refractivity contribution in [1.29, 1.82) is 0 Å². The van der Waals surface area contributed by atoms with E-state index in [0.29, 0.717) is 5.75 Å².